The third-order valence-electron chi connectivity index (χ3n) is 5.09. The third-order valence-corrected chi connectivity index (χ3v) is 5.33. The minimum atomic E-state index is -0.469. The molecule has 0 aliphatic carbocycles. The monoisotopic (exact) mass is 523 g/mol. The Morgan fingerprint density at radius 3 is 2.53 bits per heavy atom. The average Bonchev–Trinajstić information content (AvgIpc) is 2.84. The molecule has 0 bridgehead atoms. The fourth-order valence-corrected chi connectivity index (χ4v) is 3.69. The van der Waals surface area contributed by atoms with Crippen molar-refractivity contribution in [2.24, 2.45) is 0 Å². The predicted molar refractivity (Wildman–Crippen MR) is 141 cm³/mol. The summed E-state index contributed by atoms with van der Waals surface area (Å²) in [6.07, 6.45) is 1.94. The smallest absolute Gasteiger partial charge is 0.320 e. The van der Waals surface area contributed by atoms with Crippen LogP contribution in [0, 0.1) is 0 Å². The number of carbonyl (C=O) groups is 2. The second-order valence-corrected chi connectivity index (χ2v) is 8.30. The summed E-state index contributed by atoms with van der Waals surface area (Å²) in [5.41, 5.74) is 1.72. The van der Waals surface area contributed by atoms with E-state index in [2.05, 4.69) is 20.9 Å². The molecule has 11 heteroatoms. The molecule has 0 atom stereocenters. The number of esters is 1. The molecular weight excluding hydrogens is 486 g/mol. The van der Waals surface area contributed by atoms with Crippen LogP contribution in [0.25, 0.3) is 10.9 Å². The minimum Gasteiger partial charge on any atom is -0.465 e. The maximum Gasteiger partial charge on any atom is 0.320 e. The fourth-order valence-electron chi connectivity index (χ4n) is 3.53. The Labute approximate surface area is 218 Å². The lowest BCUT2D eigenvalue weighted by Gasteiger charge is -2.22. The van der Waals surface area contributed by atoms with E-state index in [1.165, 1.54) is 0 Å². The number of halogens is 1. The zero-order valence-corrected chi connectivity index (χ0v) is 22.1. The lowest BCUT2D eigenvalue weighted by atomic mass is 10.2. The molecule has 200 valence electrons. The molecule has 2 rings (SSSR count). The van der Waals surface area contributed by atoms with Gasteiger partial charge in [-0.05, 0) is 51.5 Å². The number of benzene rings is 1. The van der Waals surface area contributed by atoms with Gasteiger partial charge in [-0.25, -0.2) is 0 Å². The number of nitrogens with zero attached hydrogens (tertiary/aromatic N) is 2. The number of amides is 1. The van der Waals surface area contributed by atoms with Crippen molar-refractivity contribution in [3.63, 3.8) is 0 Å². The van der Waals surface area contributed by atoms with Gasteiger partial charge in [0.1, 0.15) is 0 Å². The van der Waals surface area contributed by atoms with Crippen LogP contribution in [0.2, 0.25) is 5.02 Å². The molecule has 2 aromatic rings. The van der Waals surface area contributed by atoms with E-state index in [1.807, 2.05) is 38.1 Å². The van der Waals surface area contributed by atoms with E-state index in [1.54, 1.807) is 18.0 Å². The Morgan fingerprint density at radius 2 is 1.81 bits per heavy atom. The quantitative estimate of drug-likeness (QED) is 0.154. The van der Waals surface area contributed by atoms with Crippen molar-refractivity contribution in [2.45, 2.75) is 33.6 Å². The molecule has 0 radical (unpaired) electrons. The van der Waals surface area contributed by atoms with Gasteiger partial charge in [-0.2, -0.15) is 0 Å². The molecule has 1 aromatic heterocycles. The van der Waals surface area contributed by atoms with Crippen molar-refractivity contribution >= 4 is 40.1 Å². The lowest BCUT2D eigenvalue weighted by molar-refractivity contribution is -0.155. The first kappa shape index (κ1) is 29.7. The van der Waals surface area contributed by atoms with Crippen LogP contribution in [-0.2, 0) is 23.8 Å². The van der Waals surface area contributed by atoms with E-state index >= 15 is 0 Å². The van der Waals surface area contributed by atoms with Crippen LogP contribution in [0.4, 0.5) is 5.69 Å². The number of aromatic nitrogens is 1. The van der Waals surface area contributed by atoms with Crippen LogP contribution in [0.3, 0.4) is 0 Å². The zero-order valence-electron chi connectivity index (χ0n) is 21.3. The molecule has 36 heavy (non-hydrogen) atoms. The van der Waals surface area contributed by atoms with Gasteiger partial charge in [0.2, 0.25) is 12.3 Å². The molecule has 0 spiro atoms. The van der Waals surface area contributed by atoms with Crippen molar-refractivity contribution in [2.75, 3.05) is 64.4 Å². The first-order chi connectivity index (χ1) is 17.5. The van der Waals surface area contributed by atoms with Crippen molar-refractivity contribution in [1.29, 1.82) is 0 Å². The maximum absolute atomic E-state index is 12.6. The van der Waals surface area contributed by atoms with Crippen molar-refractivity contribution in [3.05, 3.63) is 35.5 Å². The minimum absolute atomic E-state index is 0.0470. The highest BCUT2D eigenvalue weighted by atomic mass is 35.5. The summed E-state index contributed by atoms with van der Waals surface area (Å²) in [6, 6.07) is 7.43. The molecular formula is C25H38ClN5O5. The molecule has 1 amide bonds. The highest BCUT2D eigenvalue weighted by Gasteiger charge is 2.16. The molecule has 0 unspecified atom stereocenters. The first-order valence-corrected chi connectivity index (χ1v) is 12.7. The van der Waals surface area contributed by atoms with Crippen molar-refractivity contribution < 1.29 is 23.8 Å². The number of fused-ring (bicyclic) bond motifs is 1. The van der Waals surface area contributed by atoms with E-state index in [0.717, 1.165) is 16.6 Å². The SMILES string of the molecule is CCOC(=O)CN(CCCNC(OCC)OCC)CC(=O)NCCNc1ccnc2cc(Cl)ccc12. The topological polar surface area (TPSA) is 114 Å². The summed E-state index contributed by atoms with van der Waals surface area (Å²) in [6.45, 7) is 9.18. The van der Waals surface area contributed by atoms with Gasteiger partial charge in [0.25, 0.3) is 0 Å². The Morgan fingerprint density at radius 1 is 1.03 bits per heavy atom. The van der Waals surface area contributed by atoms with Gasteiger partial charge in [-0.3, -0.25) is 24.8 Å². The predicted octanol–water partition coefficient (Wildman–Crippen LogP) is 2.62. The Kier molecular flexibility index (Phi) is 14.1. The molecule has 0 saturated carbocycles. The van der Waals surface area contributed by atoms with Crippen LogP contribution in [0.1, 0.15) is 27.2 Å². The summed E-state index contributed by atoms with van der Waals surface area (Å²) < 4.78 is 16.0. The number of hydrogen-bond donors (Lipinski definition) is 3. The number of pyridine rings is 1. The fraction of sp³-hybridized carbons (Fsp3) is 0.560. The van der Waals surface area contributed by atoms with Crippen LogP contribution in [0.15, 0.2) is 30.5 Å². The standard InChI is InChI=1S/C25H38ClN5O5/c1-4-34-24(33)18-31(15-7-11-30-25(35-5-2)36-6-3)17-23(32)29-14-13-28-21-10-12-27-22-16-19(26)8-9-20(21)22/h8-10,12,16,25,30H,4-7,11,13-15,17-18H2,1-3H3,(H,27,28)(H,29,32). The molecule has 1 heterocycles. The molecule has 1 aromatic carbocycles. The van der Waals surface area contributed by atoms with Crippen LogP contribution in [0.5, 0.6) is 0 Å². The number of anilines is 1. The normalized spacial score (nSPS) is 11.3. The van der Waals surface area contributed by atoms with Crippen LogP contribution < -0.4 is 16.0 Å². The summed E-state index contributed by atoms with van der Waals surface area (Å²) >= 11 is 6.05. The van der Waals surface area contributed by atoms with Gasteiger partial charge in [0.05, 0.1) is 25.2 Å². The van der Waals surface area contributed by atoms with E-state index < -0.39 is 6.41 Å². The van der Waals surface area contributed by atoms with Crippen LogP contribution in [-0.4, -0.2) is 87.3 Å². The maximum atomic E-state index is 12.6. The number of carbonyl (C=O) groups excluding carboxylic acids is 2. The number of hydrogen-bond acceptors (Lipinski definition) is 9. The summed E-state index contributed by atoms with van der Waals surface area (Å²) in [5.74, 6) is -0.520. The van der Waals surface area contributed by atoms with E-state index in [-0.39, 0.29) is 25.0 Å². The zero-order chi connectivity index (χ0) is 26.2. The van der Waals surface area contributed by atoms with E-state index in [0.29, 0.717) is 57.4 Å². The molecule has 10 nitrogen and oxygen atoms in total. The summed E-state index contributed by atoms with van der Waals surface area (Å²) in [4.78, 5) is 30.7. The Balaban J connectivity index is 1.79. The first-order valence-electron chi connectivity index (χ1n) is 12.4. The highest BCUT2D eigenvalue weighted by molar-refractivity contribution is 6.31. The Bertz CT molecular complexity index is 942. The highest BCUT2D eigenvalue weighted by Crippen LogP contribution is 2.24. The number of rotatable bonds is 18. The average molecular weight is 524 g/mol. The lowest BCUT2D eigenvalue weighted by Crippen LogP contribution is -2.43. The second kappa shape index (κ2) is 17.0. The van der Waals surface area contributed by atoms with Gasteiger partial charge in [-0.1, -0.05) is 11.6 Å². The summed E-state index contributed by atoms with van der Waals surface area (Å²) in [7, 11) is 0. The van der Waals surface area contributed by atoms with Gasteiger partial charge >= 0.3 is 5.97 Å². The van der Waals surface area contributed by atoms with E-state index in [4.69, 9.17) is 25.8 Å². The van der Waals surface area contributed by atoms with Gasteiger partial charge in [0.15, 0.2) is 0 Å². The largest absolute Gasteiger partial charge is 0.465 e. The molecule has 0 fully saturated rings. The Hall–Kier alpha value is -2.50. The van der Waals surface area contributed by atoms with Gasteiger partial charge in [0, 0.05) is 61.7 Å². The van der Waals surface area contributed by atoms with Gasteiger partial charge < -0.3 is 24.8 Å². The third kappa shape index (κ3) is 11.0. The van der Waals surface area contributed by atoms with Gasteiger partial charge in [-0.15, -0.1) is 0 Å². The molecule has 0 aliphatic rings. The van der Waals surface area contributed by atoms with E-state index in [9.17, 15) is 9.59 Å². The second-order valence-electron chi connectivity index (χ2n) is 7.86. The molecule has 3 N–H and O–H groups in total. The number of ether oxygens (including phenoxy) is 3. The summed E-state index contributed by atoms with van der Waals surface area (Å²) in [5, 5.41) is 11.0. The number of nitrogens with one attached hydrogen (secondary N) is 3. The molecule has 0 aliphatic heterocycles. The van der Waals surface area contributed by atoms with Crippen LogP contribution >= 0.6 is 11.6 Å². The molecule has 0 saturated heterocycles. The van der Waals surface area contributed by atoms with Crippen molar-refractivity contribution in [3.8, 4) is 0 Å². The van der Waals surface area contributed by atoms with Crippen molar-refractivity contribution in [1.82, 2.24) is 20.5 Å².